The highest BCUT2D eigenvalue weighted by molar-refractivity contribution is 5.90. The Kier molecular flexibility index (Phi) is 6.52. The molecule has 3 aromatic rings. The van der Waals surface area contributed by atoms with Gasteiger partial charge in [0.25, 0.3) is 0 Å². The van der Waals surface area contributed by atoms with Gasteiger partial charge in [-0.1, -0.05) is 30.3 Å². The van der Waals surface area contributed by atoms with Crippen LogP contribution in [0, 0.1) is 0 Å². The van der Waals surface area contributed by atoms with E-state index in [9.17, 15) is 18.0 Å². The lowest BCUT2D eigenvalue weighted by Gasteiger charge is -2.30. The van der Waals surface area contributed by atoms with Crippen LogP contribution in [0.3, 0.4) is 0 Å². The van der Waals surface area contributed by atoms with E-state index in [1.807, 2.05) is 42.5 Å². The molecule has 2 bridgehead atoms. The molecule has 0 radical (unpaired) electrons. The minimum atomic E-state index is -5.08. The summed E-state index contributed by atoms with van der Waals surface area (Å²) in [6.07, 6.45) is -4.01. The van der Waals surface area contributed by atoms with E-state index in [2.05, 4.69) is 16.0 Å². The van der Waals surface area contributed by atoms with Crippen molar-refractivity contribution in [3.63, 3.8) is 0 Å². The highest BCUT2D eigenvalue weighted by atomic mass is 19.4. The SMILES string of the molecule is COc1ccc2[nH]c3c(c2c1)C1CCN(C1)C3C(=O)OCc1ccccc1.O=C(O)C(F)(F)F. The molecule has 0 amide bonds. The van der Waals surface area contributed by atoms with Crippen LogP contribution in [0.25, 0.3) is 10.9 Å². The van der Waals surface area contributed by atoms with E-state index in [0.29, 0.717) is 12.5 Å². The average Bonchev–Trinajstić information content (AvgIpc) is 3.40. The number of hydrogen-bond acceptors (Lipinski definition) is 5. The van der Waals surface area contributed by atoms with Gasteiger partial charge in [0.15, 0.2) is 0 Å². The lowest BCUT2D eigenvalue weighted by molar-refractivity contribution is -0.192. The number of H-pyrrole nitrogens is 1. The number of aliphatic carboxylic acids is 1. The van der Waals surface area contributed by atoms with Crippen LogP contribution in [0.1, 0.15) is 35.2 Å². The zero-order chi connectivity index (χ0) is 24.5. The van der Waals surface area contributed by atoms with Gasteiger partial charge in [0.05, 0.1) is 7.11 Å². The summed E-state index contributed by atoms with van der Waals surface area (Å²) in [6.45, 7) is 2.13. The third-order valence-electron chi connectivity index (χ3n) is 6.03. The topological polar surface area (TPSA) is 91.9 Å². The van der Waals surface area contributed by atoms with E-state index in [0.717, 1.165) is 47.4 Å². The van der Waals surface area contributed by atoms with Crippen molar-refractivity contribution in [1.82, 2.24) is 9.88 Å². The highest BCUT2D eigenvalue weighted by Gasteiger charge is 2.44. The molecule has 1 aromatic heterocycles. The number of aromatic amines is 1. The van der Waals surface area contributed by atoms with Gasteiger partial charge in [-0.2, -0.15) is 13.2 Å². The first-order chi connectivity index (χ1) is 16.2. The summed E-state index contributed by atoms with van der Waals surface area (Å²) in [4.78, 5) is 27.7. The number of esters is 1. The fourth-order valence-corrected chi connectivity index (χ4v) is 4.51. The van der Waals surface area contributed by atoms with Gasteiger partial charge < -0.3 is 19.6 Å². The molecule has 7 nitrogen and oxygen atoms in total. The number of fused-ring (bicyclic) bond motifs is 6. The van der Waals surface area contributed by atoms with E-state index in [1.165, 1.54) is 5.56 Å². The number of rotatable bonds is 4. The Labute approximate surface area is 193 Å². The Morgan fingerprint density at radius 1 is 1.18 bits per heavy atom. The number of methoxy groups -OCH3 is 1. The minimum absolute atomic E-state index is 0.182. The molecule has 0 aliphatic carbocycles. The second-order valence-electron chi connectivity index (χ2n) is 8.14. The Hall–Kier alpha value is -3.53. The van der Waals surface area contributed by atoms with Crippen LogP contribution >= 0.6 is 0 Å². The number of nitrogens with zero attached hydrogens (tertiary/aromatic N) is 1. The van der Waals surface area contributed by atoms with Crippen molar-refractivity contribution in [2.75, 3.05) is 20.2 Å². The van der Waals surface area contributed by atoms with Gasteiger partial charge in [0, 0.05) is 29.1 Å². The van der Waals surface area contributed by atoms with Crippen molar-refractivity contribution in [3.05, 3.63) is 65.4 Å². The van der Waals surface area contributed by atoms with E-state index >= 15 is 0 Å². The van der Waals surface area contributed by atoms with Gasteiger partial charge >= 0.3 is 18.1 Å². The number of carboxylic acids is 1. The van der Waals surface area contributed by atoms with Crippen LogP contribution in [0.5, 0.6) is 5.75 Å². The molecular weight excluding hydrogens is 453 g/mol. The van der Waals surface area contributed by atoms with Crippen molar-refractivity contribution in [2.45, 2.75) is 31.2 Å². The predicted octanol–water partition coefficient (Wildman–Crippen LogP) is 4.40. The number of halogens is 3. The maximum absolute atomic E-state index is 13.0. The predicted molar refractivity (Wildman–Crippen MR) is 116 cm³/mol. The summed E-state index contributed by atoms with van der Waals surface area (Å²) in [5, 5.41) is 8.29. The first-order valence-corrected chi connectivity index (χ1v) is 10.6. The molecule has 3 unspecified atom stereocenters. The van der Waals surface area contributed by atoms with Crippen molar-refractivity contribution >= 4 is 22.8 Å². The maximum Gasteiger partial charge on any atom is 0.490 e. The van der Waals surface area contributed by atoms with E-state index < -0.39 is 12.1 Å². The molecule has 2 N–H and O–H groups in total. The van der Waals surface area contributed by atoms with E-state index in [1.54, 1.807) is 7.11 Å². The molecule has 0 saturated carbocycles. The first kappa shape index (κ1) is 23.6. The minimum Gasteiger partial charge on any atom is -0.497 e. The number of carboxylic acid groups (broad SMARTS) is 1. The highest BCUT2D eigenvalue weighted by Crippen LogP contribution is 2.46. The molecule has 5 rings (SSSR count). The molecule has 2 aromatic carbocycles. The number of carbonyl (C=O) groups is 2. The molecule has 3 atom stereocenters. The van der Waals surface area contributed by atoms with Crippen molar-refractivity contribution in [2.24, 2.45) is 0 Å². The van der Waals surface area contributed by atoms with Crippen molar-refractivity contribution in [3.8, 4) is 5.75 Å². The van der Waals surface area contributed by atoms with Gasteiger partial charge in [-0.25, -0.2) is 9.59 Å². The van der Waals surface area contributed by atoms with Crippen molar-refractivity contribution in [1.29, 1.82) is 0 Å². The molecule has 10 heteroatoms. The summed E-state index contributed by atoms with van der Waals surface area (Å²) in [5.41, 5.74) is 4.31. The Morgan fingerprint density at radius 2 is 1.88 bits per heavy atom. The number of alkyl halides is 3. The molecule has 3 heterocycles. The third-order valence-corrected chi connectivity index (χ3v) is 6.03. The second-order valence-corrected chi connectivity index (χ2v) is 8.14. The Balaban J connectivity index is 0.000000344. The van der Waals surface area contributed by atoms with Gasteiger partial charge in [0.2, 0.25) is 0 Å². The Bertz CT molecular complexity index is 1190. The largest absolute Gasteiger partial charge is 0.497 e. The van der Waals surface area contributed by atoms with Gasteiger partial charge in [0.1, 0.15) is 18.4 Å². The summed E-state index contributed by atoms with van der Waals surface area (Å²) in [7, 11) is 1.68. The zero-order valence-corrected chi connectivity index (χ0v) is 18.3. The number of nitrogens with one attached hydrogen (secondary N) is 1. The number of carbonyl (C=O) groups excluding carboxylic acids is 1. The third kappa shape index (κ3) is 4.72. The number of ether oxygens (including phenoxy) is 2. The van der Waals surface area contributed by atoms with Crippen LogP contribution < -0.4 is 4.74 Å². The molecule has 34 heavy (non-hydrogen) atoms. The first-order valence-electron chi connectivity index (χ1n) is 10.6. The molecule has 1 fully saturated rings. The number of benzene rings is 2. The molecule has 180 valence electrons. The summed E-state index contributed by atoms with van der Waals surface area (Å²) >= 11 is 0. The quantitative estimate of drug-likeness (QED) is 0.543. The summed E-state index contributed by atoms with van der Waals surface area (Å²) < 4.78 is 42.8. The van der Waals surface area contributed by atoms with Gasteiger partial charge in [-0.15, -0.1) is 0 Å². The van der Waals surface area contributed by atoms with Crippen LogP contribution in [0.15, 0.2) is 48.5 Å². The fourth-order valence-electron chi connectivity index (χ4n) is 4.51. The lowest BCUT2D eigenvalue weighted by atomic mass is 9.90. The monoisotopic (exact) mass is 476 g/mol. The standard InChI is InChI=1S/C22H22N2O3.C2HF3O2/c1-26-16-7-8-18-17(11-16)19-15-9-10-24(12-15)21(20(19)23-18)22(25)27-13-14-5-3-2-4-6-14;3-2(4,5)1(6)7/h2-8,11,15,21,23H,9-10,12-13H2,1H3;(H,6,7). The summed E-state index contributed by atoms with van der Waals surface area (Å²) in [5.74, 6) is -1.64. The maximum atomic E-state index is 13.0. The lowest BCUT2D eigenvalue weighted by Crippen LogP contribution is -2.37. The summed E-state index contributed by atoms with van der Waals surface area (Å²) in [6, 6.07) is 15.5. The van der Waals surface area contributed by atoms with E-state index in [4.69, 9.17) is 19.4 Å². The molecule has 0 spiro atoms. The van der Waals surface area contributed by atoms with Crippen LogP contribution in [0.2, 0.25) is 0 Å². The van der Waals surface area contributed by atoms with Crippen molar-refractivity contribution < 1.29 is 37.3 Å². The van der Waals surface area contributed by atoms with Gasteiger partial charge in [-0.05, 0) is 42.3 Å². The fraction of sp³-hybridized carbons (Fsp3) is 0.333. The van der Waals surface area contributed by atoms with Crippen LogP contribution in [0.4, 0.5) is 13.2 Å². The van der Waals surface area contributed by atoms with Crippen LogP contribution in [-0.4, -0.2) is 53.3 Å². The molecule has 2 aliphatic heterocycles. The molecule has 2 aliphatic rings. The average molecular weight is 476 g/mol. The second kappa shape index (κ2) is 9.38. The van der Waals surface area contributed by atoms with Crippen LogP contribution in [-0.2, 0) is 20.9 Å². The Morgan fingerprint density at radius 3 is 2.53 bits per heavy atom. The number of hydrogen-bond donors (Lipinski definition) is 2. The van der Waals surface area contributed by atoms with Gasteiger partial charge in [-0.3, -0.25) is 4.90 Å². The number of aromatic nitrogens is 1. The molecule has 1 saturated heterocycles. The van der Waals surface area contributed by atoms with E-state index in [-0.39, 0.29) is 12.0 Å². The molecular formula is C24H23F3N2O5. The zero-order valence-electron chi connectivity index (χ0n) is 18.3. The smallest absolute Gasteiger partial charge is 0.490 e. The normalized spacial score (nSPS) is 20.8.